The van der Waals surface area contributed by atoms with E-state index in [1.165, 1.54) is 36.7 Å². The van der Waals surface area contributed by atoms with Crippen LogP contribution in [-0.2, 0) is 28.4 Å². The van der Waals surface area contributed by atoms with Gasteiger partial charge in [0.05, 0.1) is 119 Å². The average Bonchev–Trinajstić information content (AvgIpc) is 3.16. The SMILES string of the molecule is Cc1nc2cc(F)c(-c3cnc(OCCOCCOCCOCCOCCOCCOCCN)nc3)nc2c(N[C@H](C)c2cc(C#N)ccc2F)c1Cl. The normalized spacial score (nSPS) is 11.9. The lowest BCUT2D eigenvalue weighted by atomic mass is 10.0. The quantitative estimate of drug-likeness (QED) is 0.0880. The van der Waals surface area contributed by atoms with Gasteiger partial charge in [-0.2, -0.15) is 5.26 Å². The molecule has 3 aromatic heterocycles. The number of nitrogens with two attached hydrogens (primary N) is 1. The molecule has 0 aliphatic heterocycles. The molecule has 1 aromatic carbocycles. The minimum atomic E-state index is -0.648. The van der Waals surface area contributed by atoms with Crippen LogP contribution in [0.1, 0.15) is 29.8 Å². The van der Waals surface area contributed by atoms with Gasteiger partial charge in [0, 0.05) is 36.1 Å². The van der Waals surface area contributed by atoms with E-state index < -0.39 is 17.7 Å². The fourth-order valence-electron chi connectivity index (χ4n) is 4.83. The summed E-state index contributed by atoms with van der Waals surface area (Å²) in [6, 6.07) is 6.79. The van der Waals surface area contributed by atoms with E-state index in [1.54, 1.807) is 13.8 Å². The Labute approximate surface area is 311 Å². The van der Waals surface area contributed by atoms with Crippen molar-refractivity contribution in [3.63, 3.8) is 0 Å². The molecule has 0 aliphatic carbocycles. The first-order valence-electron chi connectivity index (χ1n) is 17.1. The van der Waals surface area contributed by atoms with E-state index in [2.05, 4.69) is 25.3 Å². The van der Waals surface area contributed by atoms with Crippen LogP contribution in [0.4, 0.5) is 14.5 Å². The highest BCUT2D eigenvalue weighted by Crippen LogP contribution is 2.36. The number of halogens is 3. The van der Waals surface area contributed by atoms with Gasteiger partial charge in [-0.05, 0) is 32.0 Å². The Bertz CT molecular complexity index is 1770. The topological polar surface area (TPSA) is 178 Å². The zero-order valence-electron chi connectivity index (χ0n) is 29.7. The van der Waals surface area contributed by atoms with E-state index in [9.17, 15) is 9.65 Å². The summed E-state index contributed by atoms with van der Waals surface area (Å²) < 4.78 is 68.0. The van der Waals surface area contributed by atoms with Crippen molar-refractivity contribution in [3.05, 3.63) is 70.1 Å². The van der Waals surface area contributed by atoms with Gasteiger partial charge in [0.2, 0.25) is 0 Å². The van der Waals surface area contributed by atoms with Crippen molar-refractivity contribution in [2.45, 2.75) is 19.9 Å². The van der Waals surface area contributed by atoms with E-state index in [4.69, 9.17) is 50.5 Å². The molecule has 0 saturated carbocycles. The molecule has 3 heterocycles. The first-order valence-corrected chi connectivity index (χ1v) is 17.4. The summed E-state index contributed by atoms with van der Waals surface area (Å²) in [5.74, 6) is -1.14. The van der Waals surface area contributed by atoms with Gasteiger partial charge >= 0.3 is 6.01 Å². The van der Waals surface area contributed by atoms with Gasteiger partial charge in [-0.15, -0.1) is 0 Å². The zero-order chi connectivity index (χ0) is 37.8. The lowest BCUT2D eigenvalue weighted by Crippen LogP contribution is -2.15. The van der Waals surface area contributed by atoms with E-state index in [0.717, 1.165) is 0 Å². The third kappa shape index (κ3) is 13.3. The number of hydrogen-bond donors (Lipinski definition) is 2. The number of benzene rings is 1. The molecule has 0 unspecified atom stereocenters. The third-order valence-electron chi connectivity index (χ3n) is 7.45. The molecule has 53 heavy (non-hydrogen) atoms. The van der Waals surface area contributed by atoms with Crippen LogP contribution in [0.5, 0.6) is 6.01 Å². The monoisotopic (exact) mass is 759 g/mol. The molecular weight excluding hydrogens is 716 g/mol. The predicted octanol–water partition coefficient (Wildman–Crippen LogP) is 4.81. The van der Waals surface area contributed by atoms with Gasteiger partial charge in [-0.1, -0.05) is 11.6 Å². The van der Waals surface area contributed by atoms with Crippen molar-refractivity contribution < 1.29 is 41.9 Å². The Morgan fingerprint density at radius 1 is 0.792 bits per heavy atom. The van der Waals surface area contributed by atoms with Crippen molar-refractivity contribution in [2.24, 2.45) is 5.73 Å². The lowest BCUT2D eigenvalue weighted by molar-refractivity contribution is -0.0176. The number of nitrogens with one attached hydrogen (secondary N) is 1. The summed E-state index contributed by atoms with van der Waals surface area (Å²) in [5.41, 5.74) is 7.42. The third-order valence-corrected chi connectivity index (χ3v) is 7.92. The van der Waals surface area contributed by atoms with Gasteiger partial charge in [0.15, 0.2) is 5.82 Å². The van der Waals surface area contributed by atoms with Crippen LogP contribution < -0.4 is 15.8 Å². The number of rotatable bonds is 25. The summed E-state index contributed by atoms with van der Waals surface area (Å²) >= 11 is 6.63. The van der Waals surface area contributed by atoms with Crippen LogP contribution in [0, 0.1) is 29.9 Å². The molecule has 0 spiro atoms. The van der Waals surface area contributed by atoms with Crippen molar-refractivity contribution in [2.75, 3.05) is 97.8 Å². The Morgan fingerprint density at radius 3 is 1.89 bits per heavy atom. The largest absolute Gasteiger partial charge is 0.461 e. The second kappa shape index (κ2) is 22.8. The summed E-state index contributed by atoms with van der Waals surface area (Å²) in [5, 5.41) is 12.7. The maximum atomic E-state index is 15.3. The molecule has 0 aliphatic rings. The first-order chi connectivity index (χ1) is 25.8. The van der Waals surface area contributed by atoms with Gasteiger partial charge in [0.25, 0.3) is 0 Å². The molecule has 0 radical (unpaired) electrons. The van der Waals surface area contributed by atoms with Crippen molar-refractivity contribution in [1.29, 1.82) is 5.26 Å². The number of nitriles is 1. The number of nitrogens with zero attached hydrogens (tertiary/aromatic N) is 5. The van der Waals surface area contributed by atoms with Crippen LogP contribution in [-0.4, -0.2) is 112 Å². The molecule has 4 aromatic rings. The molecule has 286 valence electrons. The Morgan fingerprint density at radius 2 is 1.34 bits per heavy atom. The van der Waals surface area contributed by atoms with Crippen LogP contribution in [0.2, 0.25) is 5.02 Å². The van der Waals surface area contributed by atoms with Crippen LogP contribution in [0.3, 0.4) is 0 Å². The summed E-state index contributed by atoms with van der Waals surface area (Å²) in [6.45, 7) is 9.45. The number of aromatic nitrogens is 4. The highest BCUT2D eigenvalue weighted by molar-refractivity contribution is 6.35. The van der Waals surface area contributed by atoms with Crippen molar-refractivity contribution >= 4 is 28.3 Å². The summed E-state index contributed by atoms with van der Waals surface area (Å²) in [6.07, 6.45) is 2.78. The van der Waals surface area contributed by atoms with E-state index in [0.29, 0.717) is 96.2 Å². The van der Waals surface area contributed by atoms with Gasteiger partial charge < -0.3 is 44.2 Å². The number of anilines is 1. The zero-order valence-corrected chi connectivity index (χ0v) is 30.5. The molecule has 1 atom stereocenters. The van der Waals surface area contributed by atoms with Gasteiger partial charge in [0.1, 0.15) is 23.6 Å². The van der Waals surface area contributed by atoms with E-state index in [-0.39, 0.29) is 52.1 Å². The van der Waals surface area contributed by atoms with Crippen LogP contribution in [0.15, 0.2) is 36.7 Å². The summed E-state index contributed by atoms with van der Waals surface area (Å²) in [4.78, 5) is 17.3. The maximum Gasteiger partial charge on any atom is 0.316 e. The molecule has 0 fully saturated rings. The lowest BCUT2D eigenvalue weighted by Gasteiger charge is -2.20. The molecule has 3 N–H and O–H groups in total. The fraction of sp³-hybridized carbons (Fsp3) is 0.472. The standard InChI is InChI=1S/C36H44ClF2N7O7/c1-24(28-19-26(21-41)3-4-29(28)38)45-35-32(37)25(2)44-31-20-30(39)33(46-34(31)35)27-22-42-36(43-23-27)53-18-17-52-16-15-51-14-13-50-12-11-49-10-9-48-8-7-47-6-5-40/h3-4,19-20,22-24H,5-18,40H2,1-2H3,(H,44,45)/t24-/m1/s1. The molecular formula is C36H44ClF2N7O7. The molecule has 0 amide bonds. The number of aryl methyl sites for hydroxylation is 1. The number of ether oxygens (including phenoxy) is 7. The smallest absolute Gasteiger partial charge is 0.316 e. The molecule has 0 saturated heterocycles. The van der Waals surface area contributed by atoms with Gasteiger partial charge in [-0.3, -0.25) is 0 Å². The molecule has 17 heteroatoms. The molecule has 14 nitrogen and oxygen atoms in total. The van der Waals surface area contributed by atoms with Crippen LogP contribution in [0.25, 0.3) is 22.3 Å². The molecule has 4 rings (SSSR count). The number of pyridine rings is 2. The Hall–Kier alpha value is -4.18. The fourth-order valence-corrected chi connectivity index (χ4v) is 5.01. The second-order valence-electron chi connectivity index (χ2n) is 11.4. The highest BCUT2D eigenvalue weighted by Gasteiger charge is 2.21. The van der Waals surface area contributed by atoms with Crippen LogP contribution >= 0.6 is 11.6 Å². The van der Waals surface area contributed by atoms with E-state index in [1.807, 2.05) is 6.07 Å². The minimum absolute atomic E-state index is 0.0385. The Kier molecular flexibility index (Phi) is 17.9. The van der Waals surface area contributed by atoms with Gasteiger partial charge in [-0.25, -0.2) is 28.7 Å². The highest BCUT2D eigenvalue weighted by atomic mass is 35.5. The second-order valence-corrected chi connectivity index (χ2v) is 11.7. The summed E-state index contributed by atoms with van der Waals surface area (Å²) in [7, 11) is 0. The molecule has 0 bridgehead atoms. The number of fused-ring (bicyclic) bond motifs is 1. The van der Waals surface area contributed by atoms with Crippen molar-refractivity contribution in [3.8, 4) is 23.3 Å². The minimum Gasteiger partial charge on any atom is -0.461 e. The van der Waals surface area contributed by atoms with E-state index >= 15 is 4.39 Å². The first kappa shape index (κ1) is 41.6. The average molecular weight is 760 g/mol. The maximum absolute atomic E-state index is 15.3. The van der Waals surface area contributed by atoms with Crippen molar-refractivity contribution in [1.82, 2.24) is 19.9 Å². The number of hydrogen-bond acceptors (Lipinski definition) is 14. The predicted molar refractivity (Wildman–Crippen MR) is 193 cm³/mol. The Balaban J connectivity index is 1.16.